The summed E-state index contributed by atoms with van der Waals surface area (Å²) in [7, 11) is 0. The average molecular weight is 798 g/mol. The van der Waals surface area contributed by atoms with E-state index in [1.165, 1.54) is 6.20 Å². The number of esters is 1. The van der Waals surface area contributed by atoms with Gasteiger partial charge in [-0.2, -0.15) is 4.90 Å². The van der Waals surface area contributed by atoms with E-state index in [-0.39, 0.29) is 37.1 Å². The van der Waals surface area contributed by atoms with Gasteiger partial charge in [0.2, 0.25) is 5.91 Å². The molecule has 0 fully saturated rings. The lowest BCUT2D eigenvalue weighted by atomic mass is 9.92. The first-order valence-electron chi connectivity index (χ1n) is 19.2. The van der Waals surface area contributed by atoms with Gasteiger partial charge < -0.3 is 35.7 Å². The van der Waals surface area contributed by atoms with Gasteiger partial charge in [0.25, 0.3) is 0 Å². The summed E-state index contributed by atoms with van der Waals surface area (Å²) in [5, 5.41) is 17.4. The van der Waals surface area contributed by atoms with Crippen molar-refractivity contribution in [2.24, 2.45) is 5.73 Å². The number of nitrogens with zero attached hydrogens (tertiary/aromatic N) is 2. The molecule has 310 valence electrons. The maximum absolute atomic E-state index is 13.3. The average Bonchev–Trinajstić information content (AvgIpc) is 3.10. The number of ether oxygens (including phenoxy) is 3. The Labute approximate surface area is 339 Å². The number of carbonyl (C=O) groups excluding carboxylic acids is 4. The number of pyridine rings is 1. The predicted octanol–water partition coefficient (Wildman–Crippen LogP) is 8.68. The molecule has 0 saturated carbocycles. The number of carboxylic acid groups (broad SMARTS) is 1. The van der Waals surface area contributed by atoms with Gasteiger partial charge in [0.15, 0.2) is 11.9 Å². The molecule has 1 aromatic heterocycles. The number of hydrogen-bond acceptors (Lipinski definition) is 11. The third kappa shape index (κ3) is 12.5. The molecule has 3 amide bonds. The van der Waals surface area contributed by atoms with E-state index in [1.807, 2.05) is 26.0 Å². The minimum atomic E-state index is -1.11. The summed E-state index contributed by atoms with van der Waals surface area (Å²) in [4.78, 5) is 69.2. The molecule has 5 N–H and O–H groups in total. The van der Waals surface area contributed by atoms with Gasteiger partial charge in [-0.1, -0.05) is 24.3 Å². The van der Waals surface area contributed by atoms with Crippen LogP contribution in [-0.2, 0) is 35.0 Å². The first kappa shape index (κ1) is 44.7. The normalized spacial score (nSPS) is 12.6. The second-order valence-electron chi connectivity index (χ2n) is 16.1. The number of carbonyl (C=O) groups is 5. The Balaban J connectivity index is 1.47. The molecule has 2 atom stereocenters. The zero-order chi connectivity index (χ0) is 42.9. The molecule has 4 aromatic rings. The van der Waals surface area contributed by atoms with Crippen molar-refractivity contribution in [1.82, 2.24) is 4.98 Å². The Morgan fingerprint density at radius 3 is 2.07 bits per heavy atom. The second kappa shape index (κ2) is 18.9. The van der Waals surface area contributed by atoms with E-state index in [2.05, 4.69) is 15.6 Å². The zero-order valence-electron chi connectivity index (χ0n) is 34.7. The first-order valence-corrected chi connectivity index (χ1v) is 19.2. The fourth-order valence-electron chi connectivity index (χ4n) is 6.35. The molecule has 0 aliphatic rings. The van der Waals surface area contributed by atoms with Crippen LogP contribution in [0.15, 0.2) is 66.9 Å². The van der Waals surface area contributed by atoms with Crippen LogP contribution in [0.2, 0.25) is 0 Å². The van der Waals surface area contributed by atoms with E-state index in [4.69, 9.17) is 19.9 Å². The Morgan fingerprint density at radius 1 is 0.845 bits per heavy atom. The molecular weight excluding hydrogens is 743 g/mol. The van der Waals surface area contributed by atoms with E-state index >= 15 is 0 Å². The summed E-state index contributed by atoms with van der Waals surface area (Å²) in [5.74, 6) is -1.64. The quantitative estimate of drug-likeness (QED) is 0.0700. The highest BCUT2D eigenvalue weighted by Crippen LogP contribution is 2.32. The third-order valence-electron chi connectivity index (χ3n) is 8.84. The highest BCUT2D eigenvalue weighted by Gasteiger charge is 2.35. The smallest absolute Gasteiger partial charge is 0.425 e. The Morgan fingerprint density at radius 2 is 1.48 bits per heavy atom. The SMILES string of the molecule is CCOC(=O)C[C@@H](N)c1cccc(NC(=O)CCCc2c(C)cc([C@@H](Nc3ccc4c(N(C(=O)OC(C)(C)C)C(=O)OC(C)(C)C)nccc4c3)C(=O)O)cc2C)c1. The molecule has 4 rings (SSSR count). The largest absolute Gasteiger partial charge is 0.479 e. The molecule has 0 aliphatic heterocycles. The van der Waals surface area contributed by atoms with Crippen molar-refractivity contribution in [1.29, 1.82) is 0 Å². The van der Waals surface area contributed by atoms with Crippen molar-refractivity contribution in [3.63, 3.8) is 0 Å². The molecule has 0 saturated heterocycles. The van der Waals surface area contributed by atoms with Gasteiger partial charge in [0, 0.05) is 35.4 Å². The van der Waals surface area contributed by atoms with Crippen molar-refractivity contribution in [2.45, 2.75) is 111 Å². The van der Waals surface area contributed by atoms with Gasteiger partial charge in [0.1, 0.15) is 11.2 Å². The lowest BCUT2D eigenvalue weighted by Crippen LogP contribution is -2.44. The minimum absolute atomic E-state index is 0.00316. The van der Waals surface area contributed by atoms with Gasteiger partial charge in [-0.15, -0.1) is 0 Å². The summed E-state index contributed by atoms with van der Waals surface area (Å²) >= 11 is 0. The Kier molecular flexibility index (Phi) is 14.6. The zero-order valence-corrected chi connectivity index (χ0v) is 34.7. The number of anilines is 3. The van der Waals surface area contributed by atoms with Crippen LogP contribution in [0.4, 0.5) is 26.8 Å². The van der Waals surface area contributed by atoms with Crippen LogP contribution in [0.3, 0.4) is 0 Å². The third-order valence-corrected chi connectivity index (χ3v) is 8.84. The van der Waals surface area contributed by atoms with Gasteiger partial charge in [-0.3, -0.25) is 9.59 Å². The second-order valence-corrected chi connectivity index (χ2v) is 16.1. The molecular formula is C44H55N5O9. The number of aryl methyl sites for hydroxylation is 2. The van der Waals surface area contributed by atoms with Crippen LogP contribution in [0, 0.1) is 13.8 Å². The first-order chi connectivity index (χ1) is 27.1. The number of rotatable bonds is 14. The summed E-state index contributed by atoms with van der Waals surface area (Å²) < 4.78 is 16.1. The van der Waals surface area contributed by atoms with Crippen molar-refractivity contribution in [2.75, 3.05) is 22.1 Å². The predicted molar refractivity (Wildman–Crippen MR) is 223 cm³/mol. The minimum Gasteiger partial charge on any atom is -0.479 e. The van der Waals surface area contributed by atoms with Crippen molar-refractivity contribution >= 4 is 58.0 Å². The highest BCUT2D eigenvalue weighted by molar-refractivity contribution is 6.14. The highest BCUT2D eigenvalue weighted by atomic mass is 16.6. The Bertz CT molecular complexity index is 2100. The van der Waals surface area contributed by atoms with Crippen molar-refractivity contribution in [3.05, 3.63) is 94.7 Å². The van der Waals surface area contributed by atoms with Crippen LogP contribution in [0.5, 0.6) is 0 Å². The number of amides is 3. The van der Waals surface area contributed by atoms with Crippen LogP contribution in [0.25, 0.3) is 10.8 Å². The fourth-order valence-corrected chi connectivity index (χ4v) is 6.35. The van der Waals surface area contributed by atoms with E-state index < -0.39 is 41.4 Å². The Hall–Kier alpha value is -6.02. The van der Waals surface area contributed by atoms with Crippen molar-refractivity contribution < 1.29 is 43.3 Å². The van der Waals surface area contributed by atoms with E-state index in [9.17, 15) is 29.1 Å². The molecule has 0 aliphatic carbocycles. The maximum atomic E-state index is 13.3. The van der Waals surface area contributed by atoms with Crippen LogP contribution >= 0.6 is 0 Å². The van der Waals surface area contributed by atoms with Gasteiger partial charge in [0.05, 0.1) is 13.0 Å². The molecule has 1 heterocycles. The van der Waals surface area contributed by atoms with Gasteiger partial charge >= 0.3 is 24.1 Å². The molecule has 3 aromatic carbocycles. The topological polar surface area (TPSA) is 199 Å². The van der Waals surface area contributed by atoms with E-state index in [1.54, 1.807) is 97.0 Å². The number of nitrogens with two attached hydrogens (primary N) is 1. The molecule has 58 heavy (non-hydrogen) atoms. The van der Waals surface area contributed by atoms with E-state index in [0.29, 0.717) is 46.1 Å². The molecule has 14 heteroatoms. The van der Waals surface area contributed by atoms with Crippen LogP contribution in [-0.4, -0.2) is 57.9 Å². The lowest BCUT2D eigenvalue weighted by molar-refractivity contribution is -0.143. The standard InChI is InChI=1S/C44H55N5O9/c1-10-56-37(51)25-35(45)29-13-11-14-31(24-29)47-36(50)16-12-15-33-26(2)21-30(22-27(33)3)38(40(52)53)48-32-17-18-34-28(23-32)19-20-46-39(34)49(41(54)57-43(4,5)6)42(55)58-44(7,8)9/h11,13-14,17-24,35,38,48H,10,12,15-16,25,45H2,1-9H3,(H,47,50)(H,52,53)/t35-,38-/m1/s1. The maximum Gasteiger partial charge on any atom is 0.425 e. The number of hydrogen-bond donors (Lipinski definition) is 4. The summed E-state index contributed by atoms with van der Waals surface area (Å²) in [6, 6.07) is 15.8. The number of nitrogens with one attached hydrogen (secondary N) is 2. The number of fused-ring (bicyclic) bond motifs is 1. The fraction of sp³-hybridized carbons (Fsp3) is 0.409. The van der Waals surface area contributed by atoms with Crippen LogP contribution < -0.4 is 21.3 Å². The number of imide groups is 1. The summed E-state index contributed by atoms with van der Waals surface area (Å²) in [6.45, 7) is 15.9. The number of carboxylic acids is 1. The molecule has 0 radical (unpaired) electrons. The monoisotopic (exact) mass is 797 g/mol. The number of benzene rings is 3. The summed E-state index contributed by atoms with van der Waals surface area (Å²) in [5.41, 5.74) is 9.50. The van der Waals surface area contributed by atoms with Crippen molar-refractivity contribution in [3.8, 4) is 0 Å². The van der Waals surface area contributed by atoms with E-state index in [0.717, 1.165) is 21.6 Å². The lowest BCUT2D eigenvalue weighted by Gasteiger charge is -2.28. The molecule has 0 unspecified atom stereocenters. The van der Waals surface area contributed by atoms with Crippen LogP contribution in [0.1, 0.15) is 108 Å². The van der Waals surface area contributed by atoms with Gasteiger partial charge in [-0.05, 0) is 145 Å². The molecule has 0 bridgehead atoms. The summed E-state index contributed by atoms with van der Waals surface area (Å²) in [6.07, 6.45) is 0.981. The number of aliphatic carboxylic acids is 1. The molecule has 0 spiro atoms. The molecule has 14 nitrogen and oxygen atoms in total. The number of aromatic nitrogens is 1. The van der Waals surface area contributed by atoms with Gasteiger partial charge in [-0.25, -0.2) is 19.4 Å².